The van der Waals surface area contributed by atoms with E-state index in [9.17, 15) is 13.2 Å². The number of hydrogen-bond donors (Lipinski definition) is 1. The van der Waals surface area contributed by atoms with E-state index in [2.05, 4.69) is 20.5 Å². The molecule has 0 saturated carbocycles. The lowest BCUT2D eigenvalue weighted by Crippen LogP contribution is -2.06. The van der Waals surface area contributed by atoms with E-state index < -0.39 is 11.7 Å². The van der Waals surface area contributed by atoms with Crippen LogP contribution in [0.1, 0.15) is 18.4 Å². The zero-order valence-electron chi connectivity index (χ0n) is 12.8. The smallest absolute Gasteiger partial charge is 0.384 e. The van der Waals surface area contributed by atoms with Crippen LogP contribution in [0.15, 0.2) is 43.1 Å². The summed E-state index contributed by atoms with van der Waals surface area (Å²) >= 11 is 0. The molecule has 8 heteroatoms. The van der Waals surface area contributed by atoms with E-state index in [0.717, 1.165) is 43.8 Å². The average Bonchev–Trinajstić information content (AvgIpc) is 3.06. The standard InChI is InChI=1S/C16H16F3N5/c17-16(18,19)12-3-4-13-14(5-7-21-15(13)9-12)20-6-1-2-8-24-10-22-23-11-24/h3-5,7,9-11H,1-2,6,8H2,(H,20,21). The molecule has 2 aromatic heterocycles. The second-order valence-corrected chi connectivity index (χ2v) is 5.42. The summed E-state index contributed by atoms with van der Waals surface area (Å²) in [6, 6.07) is 5.40. The molecule has 0 saturated heterocycles. The first-order valence-electron chi connectivity index (χ1n) is 7.56. The van der Waals surface area contributed by atoms with Gasteiger partial charge in [0.1, 0.15) is 12.7 Å². The molecule has 0 aliphatic rings. The summed E-state index contributed by atoms with van der Waals surface area (Å²) in [5.41, 5.74) is 0.436. The quantitative estimate of drug-likeness (QED) is 0.697. The van der Waals surface area contributed by atoms with Crippen molar-refractivity contribution in [3.05, 3.63) is 48.7 Å². The van der Waals surface area contributed by atoms with Crippen LogP contribution in [0.4, 0.5) is 18.9 Å². The Kier molecular flexibility index (Phi) is 4.64. The molecule has 3 rings (SSSR count). The van der Waals surface area contributed by atoms with Crippen molar-refractivity contribution in [2.75, 3.05) is 11.9 Å². The number of fused-ring (bicyclic) bond motifs is 1. The van der Waals surface area contributed by atoms with Crippen LogP contribution in [0.5, 0.6) is 0 Å². The van der Waals surface area contributed by atoms with Crippen molar-refractivity contribution in [3.63, 3.8) is 0 Å². The molecule has 0 aliphatic heterocycles. The molecule has 0 atom stereocenters. The van der Waals surface area contributed by atoms with E-state index in [1.54, 1.807) is 18.7 Å². The lowest BCUT2D eigenvalue weighted by atomic mass is 10.1. The van der Waals surface area contributed by atoms with E-state index in [-0.39, 0.29) is 0 Å². The van der Waals surface area contributed by atoms with Crippen LogP contribution in [0.3, 0.4) is 0 Å². The highest BCUT2D eigenvalue weighted by Gasteiger charge is 2.30. The highest BCUT2D eigenvalue weighted by molar-refractivity contribution is 5.91. The summed E-state index contributed by atoms with van der Waals surface area (Å²) < 4.78 is 40.2. The first kappa shape index (κ1) is 16.2. The molecule has 126 valence electrons. The number of nitrogens with zero attached hydrogens (tertiary/aromatic N) is 4. The Hall–Kier alpha value is -2.64. The van der Waals surface area contributed by atoms with E-state index in [4.69, 9.17) is 0 Å². The minimum absolute atomic E-state index is 0.333. The number of anilines is 1. The van der Waals surface area contributed by atoms with Crippen molar-refractivity contribution in [2.45, 2.75) is 25.6 Å². The van der Waals surface area contributed by atoms with Crippen LogP contribution in [0, 0.1) is 0 Å². The van der Waals surface area contributed by atoms with Crippen molar-refractivity contribution in [2.24, 2.45) is 0 Å². The average molecular weight is 335 g/mol. The highest BCUT2D eigenvalue weighted by atomic mass is 19.4. The summed E-state index contributed by atoms with van der Waals surface area (Å²) in [7, 11) is 0. The lowest BCUT2D eigenvalue weighted by Gasteiger charge is -2.11. The van der Waals surface area contributed by atoms with Gasteiger partial charge in [0.25, 0.3) is 0 Å². The van der Waals surface area contributed by atoms with Crippen LogP contribution in [-0.4, -0.2) is 26.3 Å². The Morgan fingerprint density at radius 2 is 1.83 bits per heavy atom. The summed E-state index contributed by atoms with van der Waals surface area (Å²) in [6.45, 7) is 1.56. The van der Waals surface area contributed by atoms with Gasteiger partial charge in [0.05, 0.1) is 11.1 Å². The van der Waals surface area contributed by atoms with Gasteiger partial charge < -0.3 is 9.88 Å². The zero-order chi connectivity index (χ0) is 17.0. The fourth-order valence-corrected chi connectivity index (χ4v) is 2.46. The summed E-state index contributed by atoms with van der Waals surface area (Å²) in [6.07, 6.45) is 2.36. The Morgan fingerprint density at radius 3 is 2.58 bits per heavy atom. The number of unbranched alkanes of at least 4 members (excludes halogenated alkanes) is 1. The molecule has 0 aliphatic carbocycles. The molecule has 0 spiro atoms. The number of halogens is 3. The van der Waals surface area contributed by atoms with E-state index >= 15 is 0 Å². The van der Waals surface area contributed by atoms with Crippen molar-refractivity contribution < 1.29 is 13.2 Å². The minimum atomic E-state index is -4.36. The molecule has 1 aromatic carbocycles. The van der Waals surface area contributed by atoms with Crippen molar-refractivity contribution in [3.8, 4) is 0 Å². The monoisotopic (exact) mass is 335 g/mol. The maximum atomic E-state index is 12.8. The molecule has 0 amide bonds. The highest BCUT2D eigenvalue weighted by Crippen LogP contribution is 2.32. The van der Waals surface area contributed by atoms with Gasteiger partial charge in [-0.3, -0.25) is 4.98 Å². The number of alkyl halides is 3. The third kappa shape index (κ3) is 3.81. The van der Waals surface area contributed by atoms with Gasteiger partial charge in [-0.1, -0.05) is 6.07 Å². The largest absolute Gasteiger partial charge is 0.416 e. The second kappa shape index (κ2) is 6.86. The predicted molar refractivity (Wildman–Crippen MR) is 84.5 cm³/mol. The number of pyridine rings is 1. The third-order valence-electron chi connectivity index (χ3n) is 3.70. The van der Waals surface area contributed by atoms with E-state index in [0.29, 0.717) is 10.9 Å². The zero-order valence-corrected chi connectivity index (χ0v) is 12.8. The van der Waals surface area contributed by atoms with Gasteiger partial charge in [-0.25, -0.2) is 0 Å². The fraction of sp³-hybridized carbons (Fsp3) is 0.312. The Balaban J connectivity index is 1.62. The fourth-order valence-electron chi connectivity index (χ4n) is 2.46. The molecule has 0 bridgehead atoms. The molecule has 1 N–H and O–H groups in total. The third-order valence-corrected chi connectivity index (χ3v) is 3.70. The second-order valence-electron chi connectivity index (χ2n) is 5.42. The number of hydrogen-bond acceptors (Lipinski definition) is 4. The molecule has 2 heterocycles. The van der Waals surface area contributed by atoms with Gasteiger partial charge in [-0.05, 0) is 31.0 Å². The molecule has 0 unspecified atom stereocenters. The topological polar surface area (TPSA) is 55.6 Å². The van der Waals surface area contributed by atoms with Gasteiger partial charge in [0, 0.05) is 30.4 Å². The molecule has 24 heavy (non-hydrogen) atoms. The first-order chi connectivity index (χ1) is 11.5. The normalized spacial score (nSPS) is 11.8. The van der Waals surface area contributed by atoms with Crippen LogP contribution < -0.4 is 5.32 Å². The Bertz CT molecular complexity index is 799. The summed E-state index contributed by atoms with van der Waals surface area (Å²) in [5, 5.41) is 11.4. The number of rotatable bonds is 6. The van der Waals surface area contributed by atoms with Gasteiger partial charge >= 0.3 is 6.18 Å². The number of nitrogens with one attached hydrogen (secondary N) is 1. The molecule has 3 aromatic rings. The van der Waals surface area contributed by atoms with Crippen LogP contribution in [-0.2, 0) is 12.7 Å². The number of benzene rings is 1. The Labute approximate surface area is 136 Å². The summed E-state index contributed by atoms with van der Waals surface area (Å²) in [4.78, 5) is 4.04. The van der Waals surface area contributed by atoms with E-state index in [1.807, 2.05) is 4.57 Å². The molecule has 0 radical (unpaired) electrons. The van der Waals surface area contributed by atoms with Gasteiger partial charge in [-0.2, -0.15) is 13.2 Å². The van der Waals surface area contributed by atoms with Crippen LogP contribution >= 0.6 is 0 Å². The van der Waals surface area contributed by atoms with Crippen molar-refractivity contribution in [1.29, 1.82) is 0 Å². The first-order valence-corrected chi connectivity index (χ1v) is 7.56. The van der Waals surface area contributed by atoms with Crippen LogP contribution in [0.25, 0.3) is 10.9 Å². The Morgan fingerprint density at radius 1 is 1.04 bits per heavy atom. The maximum Gasteiger partial charge on any atom is 0.416 e. The van der Waals surface area contributed by atoms with Gasteiger partial charge in [-0.15, -0.1) is 10.2 Å². The number of aromatic nitrogens is 4. The minimum Gasteiger partial charge on any atom is -0.384 e. The lowest BCUT2D eigenvalue weighted by molar-refractivity contribution is -0.137. The van der Waals surface area contributed by atoms with Gasteiger partial charge in [0.15, 0.2) is 0 Å². The number of aryl methyl sites for hydroxylation is 1. The van der Waals surface area contributed by atoms with Crippen molar-refractivity contribution in [1.82, 2.24) is 19.7 Å². The molecular formula is C16H16F3N5. The maximum absolute atomic E-state index is 12.8. The molecular weight excluding hydrogens is 319 g/mol. The van der Waals surface area contributed by atoms with Crippen molar-refractivity contribution >= 4 is 16.6 Å². The molecule has 0 fully saturated rings. The summed E-state index contributed by atoms with van der Waals surface area (Å²) in [5.74, 6) is 0. The van der Waals surface area contributed by atoms with Gasteiger partial charge in [0.2, 0.25) is 0 Å². The van der Waals surface area contributed by atoms with Crippen LogP contribution in [0.2, 0.25) is 0 Å². The molecule has 5 nitrogen and oxygen atoms in total. The SMILES string of the molecule is FC(F)(F)c1ccc2c(NCCCCn3cnnc3)ccnc2c1. The van der Waals surface area contributed by atoms with E-state index in [1.165, 1.54) is 12.3 Å². The predicted octanol–water partition coefficient (Wildman–Crippen LogP) is 3.74.